The molecule has 0 saturated heterocycles. The predicted molar refractivity (Wildman–Crippen MR) is 85.3 cm³/mol. The van der Waals surface area contributed by atoms with Gasteiger partial charge in [0.1, 0.15) is 0 Å². The van der Waals surface area contributed by atoms with Gasteiger partial charge in [-0.05, 0) is 47.9 Å². The fourth-order valence-corrected chi connectivity index (χ4v) is 3.08. The summed E-state index contributed by atoms with van der Waals surface area (Å²) in [4.78, 5) is 0. The van der Waals surface area contributed by atoms with Crippen molar-refractivity contribution in [2.24, 2.45) is 5.73 Å². The second-order valence-corrected chi connectivity index (χ2v) is 6.13. The van der Waals surface area contributed by atoms with Crippen LogP contribution in [0.5, 0.6) is 0 Å². The molecule has 0 heterocycles. The molecule has 0 aliphatic heterocycles. The Morgan fingerprint density at radius 3 is 2.60 bits per heavy atom. The maximum Gasteiger partial charge on any atom is 0.0566 e. The van der Waals surface area contributed by atoms with Crippen molar-refractivity contribution in [3.63, 3.8) is 0 Å². The molecule has 0 aromatic heterocycles. The maximum absolute atomic E-state index is 6.43. The third-order valence-electron chi connectivity index (χ3n) is 4.40. The number of hydrogen-bond acceptors (Lipinski definition) is 1. The van der Waals surface area contributed by atoms with Crippen LogP contribution < -0.4 is 5.73 Å². The number of hydrogen-bond donors (Lipinski definition) is 1. The minimum absolute atomic E-state index is 0.151. The lowest BCUT2D eigenvalue weighted by Gasteiger charge is -2.27. The van der Waals surface area contributed by atoms with Crippen molar-refractivity contribution in [2.45, 2.75) is 38.1 Å². The predicted octanol–water partition coefficient (Wildman–Crippen LogP) is 4.96. The molecule has 2 aromatic carbocycles. The molecule has 2 heteroatoms. The minimum Gasteiger partial charge on any atom is -0.320 e. The average molecular weight is 286 g/mol. The van der Waals surface area contributed by atoms with Crippen LogP contribution in [0.4, 0.5) is 0 Å². The summed E-state index contributed by atoms with van der Waals surface area (Å²) in [6.07, 6.45) is 3.97. The summed E-state index contributed by atoms with van der Waals surface area (Å²) in [5.41, 5.74) is 11.1. The standard InChI is InChI=1S/C18H20ClN/c1-12-5-2-10-16(17(12)19)18(20)15-9-4-8-14(11-15)13-6-3-7-13/h2,4-5,8-11,13,18H,3,6-7,20H2,1H3. The largest absolute Gasteiger partial charge is 0.320 e. The van der Waals surface area contributed by atoms with Crippen LogP contribution in [0.25, 0.3) is 0 Å². The molecule has 1 fully saturated rings. The summed E-state index contributed by atoms with van der Waals surface area (Å²) < 4.78 is 0. The van der Waals surface area contributed by atoms with E-state index < -0.39 is 0 Å². The van der Waals surface area contributed by atoms with Crippen molar-refractivity contribution >= 4 is 11.6 Å². The Labute approximate surface area is 125 Å². The van der Waals surface area contributed by atoms with Gasteiger partial charge in [-0.1, -0.05) is 60.5 Å². The van der Waals surface area contributed by atoms with Crippen LogP contribution in [-0.2, 0) is 0 Å². The van der Waals surface area contributed by atoms with Crippen molar-refractivity contribution in [3.05, 3.63) is 69.7 Å². The summed E-state index contributed by atoms with van der Waals surface area (Å²) in [5, 5.41) is 0.786. The molecule has 1 saturated carbocycles. The molecular formula is C18H20ClN. The van der Waals surface area contributed by atoms with Crippen LogP contribution in [0, 0.1) is 6.92 Å². The van der Waals surface area contributed by atoms with E-state index in [1.54, 1.807) is 0 Å². The van der Waals surface area contributed by atoms with Gasteiger partial charge < -0.3 is 5.73 Å². The van der Waals surface area contributed by atoms with E-state index in [1.807, 2.05) is 25.1 Å². The van der Waals surface area contributed by atoms with E-state index in [0.29, 0.717) is 0 Å². The van der Waals surface area contributed by atoms with Gasteiger partial charge in [0.15, 0.2) is 0 Å². The average Bonchev–Trinajstić information content (AvgIpc) is 2.40. The Morgan fingerprint density at radius 1 is 1.15 bits per heavy atom. The number of rotatable bonds is 3. The highest BCUT2D eigenvalue weighted by Crippen LogP contribution is 2.37. The summed E-state index contributed by atoms with van der Waals surface area (Å²) >= 11 is 6.40. The highest BCUT2D eigenvalue weighted by Gasteiger charge is 2.21. The SMILES string of the molecule is Cc1cccc(C(N)c2cccc(C3CCC3)c2)c1Cl. The molecule has 0 amide bonds. The third-order valence-corrected chi connectivity index (χ3v) is 4.92. The van der Waals surface area contributed by atoms with Crippen molar-refractivity contribution in [3.8, 4) is 0 Å². The molecule has 0 radical (unpaired) electrons. The summed E-state index contributed by atoms with van der Waals surface area (Å²) in [6, 6.07) is 14.6. The van der Waals surface area contributed by atoms with Gasteiger partial charge in [0.05, 0.1) is 6.04 Å². The zero-order chi connectivity index (χ0) is 14.1. The lowest BCUT2D eigenvalue weighted by molar-refractivity contribution is 0.419. The van der Waals surface area contributed by atoms with E-state index >= 15 is 0 Å². The van der Waals surface area contributed by atoms with Crippen molar-refractivity contribution < 1.29 is 0 Å². The fourth-order valence-electron chi connectivity index (χ4n) is 2.84. The van der Waals surface area contributed by atoms with Crippen LogP contribution in [-0.4, -0.2) is 0 Å². The minimum atomic E-state index is -0.151. The van der Waals surface area contributed by atoms with Gasteiger partial charge in [-0.2, -0.15) is 0 Å². The quantitative estimate of drug-likeness (QED) is 0.847. The molecule has 1 aliphatic rings. The van der Waals surface area contributed by atoms with Gasteiger partial charge in [0, 0.05) is 5.02 Å². The third kappa shape index (κ3) is 2.48. The first-order valence-electron chi connectivity index (χ1n) is 7.27. The highest BCUT2D eigenvalue weighted by atomic mass is 35.5. The fraction of sp³-hybridized carbons (Fsp3) is 0.333. The number of aryl methyl sites for hydroxylation is 1. The molecule has 3 rings (SSSR count). The lowest BCUT2D eigenvalue weighted by Crippen LogP contribution is -2.14. The monoisotopic (exact) mass is 285 g/mol. The molecule has 20 heavy (non-hydrogen) atoms. The van der Waals surface area contributed by atoms with Crippen LogP contribution in [0.3, 0.4) is 0 Å². The Kier molecular flexibility index (Phi) is 3.82. The topological polar surface area (TPSA) is 26.0 Å². The van der Waals surface area contributed by atoms with Crippen LogP contribution in [0.1, 0.15) is 53.5 Å². The molecule has 1 atom stereocenters. The van der Waals surface area contributed by atoms with E-state index in [-0.39, 0.29) is 6.04 Å². The zero-order valence-corrected chi connectivity index (χ0v) is 12.5. The smallest absolute Gasteiger partial charge is 0.0566 e. The second kappa shape index (κ2) is 5.59. The van der Waals surface area contributed by atoms with Crippen LogP contribution >= 0.6 is 11.6 Å². The van der Waals surface area contributed by atoms with Crippen LogP contribution in [0.2, 0.25) is 5.02 Å². The Hall–Kier alpha value is -1.31. The molecule has 1 aliphatic carbocycles. The number of halogens is 1. The van der Waals surface area contributed by atoms with Gasteiger partial charge in [-0.25, -0.2) is 0 Å². The van der Waals surface area contributed by atoms with Gasteiger partial charge in [-0.15, -0.1) is 0 Å². The first kappa shape index (κ1) is 13.7. The first-order valence-corrected chi connectivity index (χ1v) is 7.65. The Balaban J connectivity index is 1.93. The van der Waals surface area contributed by atoms with Gasteiger partial charge >= 0.3 is 0 Å². The van der Waals surface area contributed by atoms with E-state index in [9.17, 15) is 0 Å². The molecule has 1 unspecified atom stereocenters. The van der Waals surface area contributed by atoms with Crippen molar-refractivity contribution in [1.82, 2.24) is 0 Å². The van der Waals surface area contributed by atoms with Gasteiger partial charge in [0.25, 0.3) is 0 Å². The second-order valence-electron chi connectivity index (χ2n) is 5.75. The van der Waals surface area contributed by atoms with Crippen molar-refractivity contribution in [1.29, 1.82) is 0 Å². The summed E-state index contributed by atoms with van der Waals surface area (Å²) in [6.45, 7) is 2.02. The van der Waals surface area contributed by atoms with E-state index in [0.717, 1.165) is 27.6 Å². The molecule has 1 nitrogen and oxygen atoms in total. The zero-order valence-electron chi connectivity index (χ0n) is 11.8. The maximum atomic E-state index is 6.43. The normalized spacial score (nSPS) is 16.8. The number of nitrogens with two attached hydrogens (primary N) is 1. The van der Waals surface area contributed by atoms with E-state index in [2.05, 4.69) is 24.3 Å². The molecule has 2 aromatic rings. The van der Waals surface area contributed by atoms with Gasteiger partial charge in [0.2, 0.25) is 0 Å². The number of benzene rings is 2. The molecule has 104 valence electrons. The molecular weight excluding hydrogens is 266 g/mol. The van der Waals surface area contributed by atoms with Gasteiger partial charge in [-0.3, -0.25) is 0 Å². The Morgan fingerprint density at radius 2 is 1.90 bits per heavy atom. The van der Waals surface area contributed by atoms with Crippen molar-refractivity contribution in [2.75, 3.05) is 0 Å². The lowest BCUT2D eigenvalue weighted by atomic mass is 9.79. The summed E-state index contributed by atoms with van der Waals surface area (Å²) in [7, 11) is 0. The van der Waals surface area contributed by atoms with E-state index in [1.165, 1.54) is 24.8 Å². The summed E-state index contributed by atoms with van der Waals surface area (Å²) in [5.74, 6) is 0.732. The first-order chi connectivity index (χ1) is 9.66. The molecule has 0 bridgehead atoms. The van der Waals surface area contributed by atoms with Crippen LogP contribution in [0.15, 0.2) is 42.5 Å². The van der Waals surface area contributed by atoms with E-state index in [4.69, 9.17) is 17.3 Å². The Bertz CT molecular complexity index is 617. The molecule has 2 N–H and O–H groups in total. The highest BCUT2D eigenvalue weighted by molar-refractivity contribution is 6.32. The molecule has 0 spiro atoms.